The molecule has 7 heteroatoms. The molecule has 1 aliphatic heterocycles. The smallest absolute Gasteiger partial charge is 0.163 e. The fourth-order valence-corrected chi connectivity index (χ4v) is 5.60. The number of aryl methyl sites for hydroxylation is 2. The van der Waals surface area contributed by atoms with Crippen LogP contribution in [0.4, 0.5) is 5.69 Å². The number of anilines is 1. The SMILES string of the molecule is Cc1c(O)c(-c2nc(C3CCC3)c3cc(N4C[C@H](C)N[C@@H](C)C4)ccc3n2)cc2cn(C)nc12. The van der Waals surface area contributed by atoms with Gasteiger partial charge in [-0.15, -0.1) is 0 Å². The van der Waals surface area contributed by atoms with Crippen LogP contribution in [0.15, 0.2) is 30.5 Å². The van der Waals surface area contributed by atoms with Crippen LogP contribution < -0.4 is 10.2 Å². The third-order valence-electron chi connectivity index (χ3n) is 7.49. The summed E-state index contributed by atoms with van der Waals surface area (Å²) in [5.41, 5.74) is 5.55. The Morgan fingerprint density at radius 1 is 1.06 bits per heavy atom. The van der Waals surface area contributed by atoms with Crippen LogP contribution in [0.5, 0.6) is 5.75 Å². The molecule has 0 unspecified atom stereocenters. The van der Waals surface area contributed by atoms with Crippen molar-refractivity contribution < 1.29 is 5.11 Å². The Balaban J connectivity index is 1.50. The molecule has 1 aliphatic carbocycles. The van der Waals surface area contributed by atoms with E-state index in [2.05, 4.69) is 47.4 Å². The molecule has 2 N–H and O–H groups in total. The summed E-state index contributed by atoms with van der Waals surface area (Å²) >= 11 is 0. The molecule has 0 radical (unpaired) electrons. The van der Waals surface area contributed by atoms with Crippen LogP contribution in [-0.4, -0.2) is 50.0 Å². The highest BCUT2D eigenvalue weighted by Gasteiger charge is 2.27. The summed E-state index contributed by atoms with van der Waals surface area (Å²) in [5.74, 6) is 1.26. The lowest BCUT2D eigenvalue weighted by Gasteiger charge is -2.38. The van der Waals surface area contributed by atoms with Crippen LogP contribution in [0.25, 0.3) is 33.2 Å². The van der Waals surface area contributed by atoms with E-state index in [0.717, 1.165) is 59.0 Å². The van der Waals surface area contributed by atoms with Crippen molar-refractivity contribution in [2.45, 2.75) is 58.0 Å². The number of hydrogen-bond donors (Lipinski definition) is 2. The Kier molecular flexibility index (Phi) is 4.99. The molecule has 7 nitrogen and oxygen atoms in total. The van der Waals surface area contributed by atoms with Crippen molar-refractivity contribution in [2.24, 2.45) is 7.05 Å². The van der Waals surface area contributed by atoms with Gasteiger partial charge in [-0.1, -0.05) is 6.42 Å². The monoisotopic (exact) mass is 456 g/mol. The summed E-state index contributed by atoms with van der Waals surface area (Å²) in [4.78, 5) is 12.5. The summed E-state index contributed by atoms with van der Waals surface area (Å²) in [7, 11) is 1.90. The number of hydrogen-bond acceptors (Lipinski definition) is 6. The first-order chi connectivity index (χ1) is 16.4. The average molecular weight is 457 g/mol. The molecule has 2 aliphatic rings. The summed E-state index contributed by atoms with van der Waals surface area (Å²) in [5, 5.41) is 21.3. The van der Waals surface area contributed by atoms with Crippen LogP contribution >= 0.6 is 0 Å². The predicted molar refractivity (Wildman–Crippen MR) is 137 cm³/mol. The molecule has 1 saturated heterocycles. The third kappa shape index (κ3) is 3.50. The highest BCUT2D eigenvalue weighted by Crippen LogP contribution is 2.42. The highest BCUT2D eigenvalue weighted by molar-refractivity contribution is 5.92. The Morgan fingerprint density at radius 3 is 2.53 bits per heavy atom. The standard InChI is InChI=1S/C27H32N6O/c1-15-12-33(13-16(2)28-15)20-8-9-23-21(11-20)25(18-6-5-7-18)30-27(29-23)22-10-19-14-32(4)31-24(19)17(3)26(22)34/h8-11,14-16,18,28,34H,5-7,12-13H2,1-4H3/t15-,16-/m0/s1. The fourth-order valence-electron chi connectivity index (χ4n) is 5.60. The molecule has 2 aromatic carbocycles. The second-order valence-electron chi connectivity index (χ2n) is 10.3. The van der Waals surface area contributed by atoms with Gasteiger partial charge < -0.3 is 15.3 Å². The van der Waals surface area contributed by atoms with Crippen molar-refractivity contribution in [3.05, 3.63) is 41.7 Å². The van der Waals surface area contributed by atoms with Gasteiger partial charge in [-0.2, -0.15) is 5.10 Å². The lowest BCUT2D eigenvalue weighted by atomic mass is 9.81. The molecule has 2 atom stereocenters. The van der Waals surface area contributed by atoms with Gasteiger partial charge in [0.25, 0.3) is 0 Å². The van der Waals surface area contributed by atoms with Crippen molar-refractivity contribution >= 4 is 27.5 Å². The van der Waals surface area contributed by atoms with Crippen LogP contribution in [-0.2, 0) is 7.05 Å². The van der Waals surface area contributed by atoms with Gasteiger partial charge in [-0.05, 0) is 57.9 Å². The van der Waals surface area contributed by atoms with E-state index in [0.29, 0.717) is 29.4 Å². The maximum atomic E-state index is 11.1. The van der Waals surface area contributed by atoms with Gasteiger partial charge in [-0.25, -0.2) is 9.97 Å². The van der Waals surface area contributed by atoms with Gasteiger partial charge in [0, 0.05) is 66.4 Å². The zero-order valence-corrected chi connectivity index (χ0v) is 20.3. The number of nitrogens with one attached hydrogen (secondary N) is 1. The molecular formula is C27H32N6O. The van der Waals surface area contributed by atoms with Crippen LogP contribution in [0, 0.1) is 6.92 Å². The van der Waals surface area contributed by atoms with Crippen molar-refractivity contribution in [2.75, 3.05) is 18.0 Å². The van der Waals surface area contributed by atoms with Gasteiger partial charge in [0.15, 0.2) is 5.82 Å². The number of piperazine rings is 1. The van der Waals surface area contributed by atoms with Crippen LogP contribution in [0.2, 0.25) is 0 Å². The van der Waals surface area contributed by atoms with Gasteiger partial charge in [0.05, 0.1) is 22.3 Å². The quantitative estimate of drug-likeness (QED) is 0.467. The topological polar surface area (TPSA) is 79.1 Å². The Morgan fingerprint density at radius 2 is 1.82 bits per heavy atom. The molecule has 4 aromatic rings. The largest absolute Gasteiger partial charge is 0.507 e. The number of nitrogens with zero attached hydrogens (tertiary/aromatic N) is 5. The van der Waals surface area contributed by atoms with E-state index in [9.17, 15) is 5.11 Å². The molecule has 0 spiro atoms. The first kappa shape index (κ1) is 21.4. The van der Waals surface area contributed by atoms with E-state index in [1.54, 1.807) is 4.68 Å². The molecule has 0 bridgehead atoms. The van der Waals surface area contributed by atoms with Crippen molar-refractivity contribution in [1.82, 2.24) is 25.1 Å². The number of phenolic OH excluding ortho intramolecular Hbond substituents is 1. The zero-order chi connectivity index (χ0) is 23.6. The fraction of sp³-hybridized carbons (Fsp3) is 0.444. The summed E-state index contributed by atoms with van der Waals surface area (Å²) in [6.45, 7) is 8.38. The Bertz CT molecular complexity index is 1400. The summed E-state index contributed by atoms with van der Waals surface area (Å²) in [6, 6.07) is 9.48. The van der Waals surface area contributed by atoms with E-state index in [1.165, 1.54) is 12.1 Å². The van der Waals surface area contributed by atoms with E-state index < -0.39 is 0 Å². The van der Waals surface area contributed by atoms with E-state index >= 15 is 0 Å². The molecule has 1 saturated carbocycles. The first-order valence-electron chi connectivity index (χ1n) is 12.4. The maximum Gasteiger partial charge on any atom is 0.163 e. The lowest BCUT2D eigenvalue weighted by molar-refractivity contribution is 0.407. The molecule has 0 amide bonds. The first-order valence-corrected chi connectivity index (χ1v) is 12.4. The van der Waals surface area contributed by atoms with Crippen LogP contribution in [0.1, 0.15) is 50.3 Å². The number of fused-ring (bicyclic) bond motifs is 2. The second-order valence-corrected chi connectivity index (χ2v) is 10.3. The molecule has 34 heavy (non-hydrogen) atoms. The van der Waals surface area contributed by atoms with Crippen molar-refractivity contribution in [1.29, 1.82) is 0 Å². The van der Waals surface area contributed by atoms with Crippen molar-refractivity contribution in [3.8, 4) is 17.1 Å². The number of aromatic nitrogens is 4. The summed E-state index contributed by atoms with van der Waals surface area (Å²) in [6.07, 6.45) is 5.53. The third-order valence-corrected chi connectivity index (χ3v) is 7.49. The van der Waals surface area contributed by atoms with E-state index in [-0.39, 0.29) is 5.75 Å². The van der Waals surface area contributed by atoms with Gasteiger partial charge >= 0.3 is 0 Å². The van der Waals surface area contributed by atoms with E-state index in [4.69, 9.17) is 9.97 Å². The Labute approximate surface area is 199 Å². The predicted octanol–water partition coefficient (Wildman–Crippen LogP) is 4.65. The molecule has 176 valence electrons. The normalized spacial score (nSPS) is 21.4. The minimum atomic E-state index is 0.213. The second kappa shape index (κ2) is 7.94. The minimum Gasteiger partial charge on any atom is -0.507 e. The van der Waals surface area contributed by atoms with Gasteiger partial charge in [0.2, 0.25) is 0 Å². The van der Waals surface area contributed by atoms with E-state index in [1.807, 2.05) is 26.2 Å². The molecule has 2 aromatic heterocycles. The molecule has 6 rings (SSSR count). The van der Waals surface area contributed by atoms with Crippen molar-refractivity contribution in [3.63, 3.8) is 0 Å². The molecule has 2 fully saturated rings. The minimum absolute atomic E-state index is 0.213. The molecular weight excluding hydrogens is 424 g/mol. The van der Waals surface area contributed by atoms with Gasteiger partial charge in [0.1, 0.15) is 5.75 Å². The Hall–Kier alpha value is -3.19. The van der Waals surface area contributed by atoms with Gasteiger partial charge in [-0.3, -0.25) is 4.68 Å². The maximum absolute atomic E-state index is 11.1. The lowest BCUT2D eigenvalue weighted by Crippen LogP contribution is -2.54. The number of phenols is 1. The average Bonchev–Trinajstić information content (AvgIpc) is 3.14. The highest BCUT2D eigenvalue weighted by atomic mass is 16.3. The van der Waals surface area contributed by atoms with Crippen LogP contribution in [0.3, 0.4) is 0 Å². The molecule has 3 heterocycles. The number of aromatic hydroxyl groups is 1. The number of rotatable bonds is 3. The zero-order valence-electron chi connectivity index (χ0n) is 20.3. The number of benzene rings is 2. The summed E-state index contributed by atoms with van der Waals surface area (Å²) < 4.78 is 1.78.